The highest BCUT2D eigenvalue weighted by Gasteiger charge is 2.10. The fraction of sp³-hybridized carbons (Fsp3) is 0.222. The zero-order valence-corrected chi connectivity index (χ0v) is 13.9. The number of esters is 1. The van der Waals surface area contributed by atoms with Gasteiger partial charge in [-0.1, -0.05) is 6.07 Å². The summed E-state index contributed by atoms with van der Waals surface area (Å²) in [6.45, 7) is 6.04. The number of carbonyl (C=O) groups is 1. The smallest absolute Gasteiger partial charge is 0.338 e. The number of fused-ring (bicyclic) bond motifs is 1. The molecule has 0 spiro atoms. The molecule has 0 aliphatic heterocycles. The normalized spacial score (nSPS) is 11.3. The topological polar surface area (TPSA) is 68.3 Å². The number of azo groups is 1. The van der Waals surface area contributed by atoms with Gasteiger partial charge in [0.25, 0.3) is 0 Å². The van der Waals surface area contributed by atoms with Gasteiger partial charge in [0.2, 0.25) is 0 Å². The minimum absolute atomic E-state index is 0.339. The van der Waals surface area contributed by atoms with E-state index in [0.29, 0.717) is 23.7 Å². The molecule has 1 aromatic carbocycles. The highest BCUT2D eigenvalue weighted by molar-refractivity contribution is 5.89. The standard InChI is InChI=1S/C18H18N4O2/c1-4-24-18(23)14-8-10-15(11-9-14)20-21-17-13(3)19-16-7-5-6-12(2)22(16)17/h5-11H,4H2,1-3H3. The van der Waals surface area contributed by atoms with Crippen LogP contribution in [0.4, 0.5) is 11.5 Å². The van der Waals surface area contributed by atoms with Crippen molar-refractivity contribution in [3.8, 4) is 0 Å². The van der Waals surface area contributed by atoms with Gasteiger partial charge in [-0.05, 0) is 57.2 Å². The molecule has 0 unspecified atom stereocenters. The molecule has 24 heavy (non-hydrogen) atoms. The minimum Gasteiger partial charge on any atom is -0.462 e. The Kier molecular flexibility index (Phi) is 4.37. The molecule has 0 atom stereocenters. The van der Waals surface area contributed by atoms with Crippen molar-refractivity contribution in [2.24, 2.45) is 10.2 Å². The molecule has 3 aromatic rings. The first-order chi connectivity index (χ1) is 11.6. The summed E-state index contributed by atoms with van der Waals surface area (Å²) in [6, 6.07) is 12.7. The number of nitrogens with zero attached hydrogens (tertiary/aromatic N) is 4. The minimum atomic E-state index is -0.339. The number of ether oxygens (including phenoxy) is 1. The van der Waals surface area contributed by atoms with E-state index in [0.717, 1.165) is 17.0 Å². The van der Waals surface area contributed by atoms with Gasteiger partial charge in [-0.15, -0.1) is 10.2 Å². The number of rotatable bonds is 4. The summed E-state index contributed by atoms with van der Waals surface area (Å²) in [6.07, 6.45) is 0. The van der Waals surface area contributed by atoms with Crippen LogP contribution in [0.25, 0.3) is 5.65 Å². The number of hydrogen-bond donors (Lipinski definition) is 0. The molecule has 2 heterocycles. The van der Waals surface area contributed by atoms with E-state index in [4.69, 9.17) is 4.74 Å². The highest BCUT2D eigenvalue weighted by atomic mass is 16.5. The number of pyridine rings is 1. The maximum atomic E-state index is 11.6. The average Bonchev–Trinajstić information content (AvgIpc) is 2.90. The first-order valence-electron chi connectivity index (χ1n) is 7.73. The Morgan fingerprint density at radius 2 is 1.88 bits per heavy atom. The van der Waals surface area contributed by atoms with Crippen LogP contribution in [0, 0.1) is 13.8 Å². The number of carbonyl (C=O) groups excluding carboxylic acids is 1. The number of hydrogen-bond acceptors (Lipinski definition) is 5. The molecule has 0 saturated carbocycles. The molecule has 0 radical (unpaired) electrons. The molecule has 2 aromatic heterocycles. The third kappa shape index (κ3) is 3.03. The Morgan fingerprint density at radius 3 is 2.58 bits per heavy atom. The van der Waals surface area contributed by atoms with Gasteiger partial charge in [0.05, 0.1) is 23.6 Å². The predicted octanol–water partition coefficient (Wildman–Crippen LogP) is 4.54. The summed E-state index contributed by atoms with van der Waals surface area (Å²) < 4.78 is 6.92. The Hall–Kier alpha value is -3.02. The molecule has 0 fully saturated rings. The van der Waals surface area contributed by atoms with E-state index in [9.17, 15) is 4.79 Å². The van der Waals surface area contributed by atoms with Crippen molar-refractivity contribution in [1.29, 1.82) is 0 Å². The first kappa shape index (κ1) is 15.9. The van der Waals surface area contributed by atoms with Gasteiger partial charge in [0.1, 0.15) is 5.65 Å². The lowest BCUT2D eigenvalue weighted by atomic mass is 10.2. The van der Waals surface area contributed by atoms with Crippen LogP contribution >= 0.6 is 0 Å². The zero-order valence-electron chi connectivity index (χ0n) is 13.9. The summed E-state index contributed by atoms with van der Waals surface area (Å²) in [5.41, 5.74) is 3.86. The van der Waals surface area contributed by atoms with E-state index in [1.54, 1.807) is 31.2 Å². The van der Waals surface area contributed by atoms with Crippen LogP contribution in [0.3, 0.4) is 0 Å². The Bertz CT molecular complexity index is 911. The zero-order chi connectivity index (χ0) is 17.1. The largest absolute Gasteiger partial charge is 0.462 e. The quantitative estimate of drug-likeness (QED) is 0.523. The van der Waals surface area contributed by atoms with E-state index < -0.39 is 0 Å². The van der Waals surface area contributed by atoms with E-state index in [-0.39, 0.29) is 5.97 Å². The van der Waals surface area contributed by atoms with Crippen molar-refractivity contribution in [3.05, 3.63) is 59.4 Å². The van der Waals surface area contributed by atoms with Gasteiger partial charge in [-0.3, -0.25) is 4.40 Å². The molecule has 0 N–H and O–H groups in total. The van der Waals surface area contributed by atoms with Gasteiger partial charge < -0.3 is 4.74 Å². The molecule has 122 valence electrons. The third-order valence-corrected chi connectivity index (χ3v) is 3.62. The fourth-order valence-electron chi connectivity index (χ4n) is 2.45. The van der Waals surface area contributed by atoms with Crippen molar-refractivity contribution < 1.29 is 9.53 Å². The van der Waals surface area contributed by atoms with Crippen LogP contribution in [0.5, 0.6) is 0 Å². The van der Waals surface area contributed by atoms with Crippen molar-refractivity contribution in [2.75, 3.05) is 6.61 Å². The van der Waals surface area contributed by atoms with Crippen LogP contribution in [-0.2, 0) is 4.74 Å². The monoisotopic (exact) mass is 322 g/mol. The number of aryl methyl sites for hydroxylation is 2. The Balaban J connectivity index is 1.89. The second-order valence-corrected chi connectivity index (χ2v) is 5.35. The SMILES string of the molecule is CCOC(=O)c1ccc(N=Nc2c(C)nc3cccc(C)n23)cc1. The molecule has 0 bridgehead atoms. The third-order valence-electron chi connectivity index (χ3n) is 3.62. The molecule has 6 heteroatoms. The van der Waals surface area contributed by atoms with Crippen molar-refractivity contribution in [2.45, 2.75) is 20.8 Å². The molecule has 0 saturated heterocycles. The summed E-state index contributed by atoms with van der Waals surface area (Å²) >= 11 is 0. The lowest BCUT2D eigenvalue weighted by molar-refractivity contribution is 0.0526. The average molecular weight is 322 g/mol. The number of aromatic nitrogens is 2. The molecular weight excluding hydrogens is 304 g/mol. The lowest BCUT2D eigenvalue weighted by Gasteiger charge is -2.02. The van der Waals surface area contributed by atoms with Gasteiger partial charge in [-0.2, -0.15) is 0 Å². The maximum absolute atomic E-state index is 11.6. The molecule has 3 rings (SSSR count). The highest BCUT2D eigenvalue weighted by Crippen LogP contribution is 2.25. The van der Waals surface area contributed by atoms with E-state index >= 15 is 0 Å². The first-order valence-corrected chi connectivity index (χ1v) is 7.73. The Morgan fingerprint density at radius 1 is 1.12 bits per heavy atom. The van der Waals surface area contributed by atoms with E-state index in [2.05, 4.69) is 15.2 Å². The second kappa shape index (κ2) is 6.62. The van der Waals surface area contributed by atoms with Gasteiger partial charge in [-0.25, -0.2) is 9.78 Å². The van der Waals surface area contributed by atoms with Gasteiger partial charge >= 0.3 is 5.97 Å². The second-order valence-electron chi connectivity index (χ2n) is 5.35. The number of benzene rings is 1. The molecule has 0 amide bonds. The van der Waals surface area contributed by atoms with E-state index in [1.165, 1.54) is 0 Å². The molecule has 0 aliphatic rings. The summed E-state index contributed by atoms with van der Waals surface area (Å²) in [5.74, 6) is 0.367. The van der Waals surface area contributed by atoms with Crippen LogP contribution in [-0.4, -0.2) is 22.0 Å². The summed E-state index contributed by atoms with van der Waals surface area (Å²) in [7, 11) is 0. The van der Waals surface area contributed by atoms with Crippen LogP contribution < -0.4 is 0 Å². The van der Waals surface area contributed by atoms with Crippen molar-refractivity contribution >= 4 is 23.1 Å². The lowest BCUT2D eigenvalue weighted by Crippen LogP contribution is -2.03. The molecule has 0 aliphatic carbocycles. The molecule has 6 nitrogen and oxygen atoms in total. The number of imidazole rings is 1. The van der Waals surface area contributed by atoms with Crippen LogP contribution in [0.1, 0.15) is 28.7 Å². The van der Waals surface area contributed by atoms with Crippen molar-refractivity contribution in [3.63, 3.8) is 0 Å². The summed E-state index contributed by atoms with van der Waals surface area (Å²) in [5, 5.41) is 8.60. The predicted molar refractivity (Wildman–Crippen MR) is 91.2 cm³/mol. The van der Waals surface area contributed by atoms with Crippen LogP contribution in [0.15, 0.2) is 52.7 Å². The van der Waals surface area contributed by atoms with Gasteiger partial charge in [0.15, 0.2) is 5.82 Å². The van der Waals surface area contributed by atoms with Crippen molar-refractivity contribution in [1.82, 2.24) is 9.38 Å². The Labute approximate surface area is 139 Å². The van der Waals surface area contributed by atoms with Gasteiger partial charge in [0, 0.05) is 5.69 Å². The molecular formula is C18H18N4O2. The maximum Gasteiger partial charge on any atom is 0.338 e. The van der Waals surface area contributed by atoms with Crippen LogP contribution in [0.2, 0.25) is 0 Å². The fourth-order valence-corrected chi connectivity index (χ4v) is 2.45. The van der Waals surface area contributed by atoms with E-state index in [1.807, 2.05) is 36.4 Å². The summed E-state index contributed by atoms with van der Waals surface area (Å²) in [4.78, 5) is 16.1.